The predicted octanol–water partition coefficient (Wildman–Crippen LogP) is 2.74. The molecule has 1 aliphatic carbocycles. The number of hydrogen-bond donors (Lipinski definition) is 1. The zero-order valence-electron chi connectivity index (χ0n) is 11.4. The maximum Gasteiger partial charge on any atom is 0.115 e. The largest absolute Gasteiger partial charge is 0.508 e. The van der Waals surface area contributed by atoms with Gasteiger partial charge in [0, 0.05) is 19.7 Å². The Morgan fingerprint density at radius 2 is 2.28 bits per heavy atom. The molecule has 0 bridgehead atoms. The van der Waals surface area contributed by atoms with Gasteiger partial charge < -0.3 is 9.84 Å². The Labute approximate surface area is 109 Å². The van der Waals surface area contributed by atoms with Crippen LogP contribution in [0, 0.1) is 0 Å². The number of methoxy groups -OCH3 is 1. The number of benzene rings is 1. The van der Waals surface area contributed by atoms with Crippen LogP contribution in [0.25, 0.3) is 0 Å². The molecule has 1 atom stereocenters. The van der Waals surface area contributed by atoms with E-state index < -0.39 is 0 Å². The molecular formula is C15H23NO2. The zero-order valence-corrected chi connectivity index (χ0v) is 11.4. The van der Waals surface area contributed by atoms with Gasteiger partial charge in [0.1, 0.15) is 5.75 Å². The second-order valence-electron chi connectivity index (χ2n) is 4.91. The lowest BCUT2D eigenvalue weighted by Crippen LogP contribution is -2.33. The molecule has 1 aromatic rings. The first-order chi connectivity index (χ1) is 8.76. The molecule has 2 rings (SSSR count). The summed E-state index contributed by atoms with van der Waals surface area (Å²) in [6, 6.07) is 6.30. The van der Waals surface area contributed by atoms with E-state index in [4.69, 9.17) is 4.74 Å². The molecule has 0 fully saturated rings. The molecule has 1 unspecified atom stereocenters. The summed E-state index contributed by atoms with van der Waals surface area (Å²) in [6.07, 6.45) is 3.49. The van der Waals surface area contributed by atoms with Crippen molar-refractivity contribution in [2.45, 2.75) is 32.2 Å². The summed E-state index contributed by atoms with van der Waals surface area (Å²) in [6.45, 7) is 4.98. The molecule has 3 heteroatoms. The van der Waals surface area contributed by atoms with Crippen LogP contribution in [0.3, 0.4) is 0 Å². The number of hydrogen-bond acceptors (Lipinski definition) is 3. The minimum absolute atomic E-state index is 0.384. The number of phenols is 1. The average molecular weight is 249 g/mol. The molecule has 3 nitrogen and oxygen atoms in total. The lowest BCUT2D eigenvalue weighted by molar-refractivity contribution is 0.116. The predicted molar refractivity (Wildman–Crippen MR) is 72.9 cm³/mol. The third kappa shape index (κ3) is 2.85. The highest BCUT2D eigenvalue weighted by Gasteiger charge is 2.24. The SMILES string of the molecule is CCN(CCOC)C1CCCc2cc(O)ccc21. The van der Waals surface area contributed by atoms with Gasteiger partial charge >= 0.3 is 0 Å². The molecular weight excluding hydrogens is 226 g/mol. The molecule has 100 valence electrons. The van der Waals surface area contributed by atoms with Crippen LogP contribution in [0.2, 0.25) is 0 Å². The third-order valence-corrected chi connectivity index (χ3v) is 3.84. The second-order valence-corrected chi connectivity index (χ2v) is 4.91. The molecule has 0 heterocycles. The molecule has 1 N–H and O–H groups in total. The van der Waals surface area contributed by atoms with E-state index in [1.165, 1.54) is 24.0 Å². The van der Waals surface area contributed by atoms with Gasteiger partial charge in [-0.05, 0) is 49.1 Å². The summed E-state index contributed by atoms with van der Waals surface area (Å²) in [4.78, 5) is 2.47. The summed E-state index contributed by atoms with van der Waals surface area (Å²) in [5.41, 5.74) is 2.69. The van der Waals surface area contributed by atoms with E-state index in [1.807, 2.05) is 6.07 Å². The van der Waals surface area contributed by atoms with Gasteiger partial charge in [0.15, 0.2) is 0 Å². The molecule has 0 spiro atoms. The van der Waals surface area contributed by atoms with E-state index >= 15 is 0 Å². The lowest BCUT2D eigenvalue weighted by atomic mass is 9.86. The van der Waals surface area contributed by atoms with E-state index in [-0.39, 0.29) is 0 Å². The topological polar surface area (TPSA) is 32.7 Å². The second kappa shape index (κ2) is 6.21. The maximum atomic E-state index is 9.58. The van der Waals surface area contributed by atoms with Crippen molar-refractivity contribution >= 4 is 0 Å². The van der Waals surface area contributed by atoms with Crippen molar-refractivity contribution in [3.63, 3.8) is 0 Å². The van der Waals surface area contributed by atoms with Gasteiger partial charge in [-0.3, -0.25) is 4.90 Å². The Hall–Kier alpha value is -1.06. The third-order valence-electron chi connectivity index (χ3n) is 3.84. The minimum Gasteiger partial charge on any atom is -0.508 e. The van der Waals surface area contributed by atoms with E-state index in [2.05, 4.69) is 17.9 Å². The fourth-order valence-electron chi connectivity index (χ4n) is 2.90. The number of aromatic hydroxyl groups is 1. The Kier molecular flexibility index (Phi) is 4.61. The molecule has 0 saturated heterocycles. The van der Waals surface area contributed by atoms with Gasteiger partial charge in [-0.2, -0.15) is 0 Å². The van der Waals surface area contributed by atoms with Crippen molar-refractivity contribution in [2.75, 3.05) is 26.8 Å². The number of phenolic OH excluding ortho intramolecular Hbond substituents is 1. The molecule has 0 aliphatic heterocycles. The van der Waals surface area contributed by atoms with Crippen molar-refractivity contribution in [3.8, 4) is 5.75 Å². The number of nitrogens with zero attached hydrogens (tertiary/aromatic N) is 1. The standard InChI is InChI=1S/C15H23NO2/c1-3-16(9-10-18-2)15-6-4-5-12-11-13(17)7-8-14(12)15/h7-8,11,15,17H,3-6,9-10H2,1-2H3. The van der Waals surface area contributed by atoms with Crippen LogP contribution in [0.4, 0.5) is 0 Å². The highest BCUT2D eigenvalue weighted by atomic mass is 16.5. The minimum atomic E-state index is 0.384. The number of rotatable bonds is 5. The Bertz CT molecular complexity index is 392. The number of aryl methyl sites for hydroxylation is 1. The molecule has 0 radical (unpaired) electrons. The van der Waals surface area contributed by atoms with Gasteiger partial charge in [-0.15, -0.1) is 0 Å². The van der Waals surface area contributed by atoms with Crippen LogP contribution >= 0.6 is 0 Å². The Balaban J connectivity index is 2.20. The van der Waals surface area contributed by atoms with E-state index in [9.17, 15) is 5.11 Å². The van der Waals surface area contributed by atoms with Gasteiger partial charge in [0.25, 0.3) is 0 Å². The summed E-state index contributed by atoms with van der Waals surface area (Å²) in [5, 5.41) is 9.58. The van der Waals surface area contributed by atoms with E-state index in [0.29, 0.717) is 11.8 Å². The highest BCUT2D eigenvalue weighted by molar-refractivity contribution is 5.38. The Morgan fingerprint density at radius 1 is 1.44 bits per heavy atom. The molecule has 18 heavy (non-hydrogen) atoms. The monoisotopic (exact) mass is 249 g/mol. The lowest BCUT2D eigenvalue weighted by Gasteiger charge is -2.35. The summed E-state index contributed by atoms with van der Waals surface area (Å²) < 4.78 is 5.19. The van der Waals surface area contributed by atoms with Crippen LogP contribution in [-0.4, -0.2) is 36.8 Å². The van der Waals surface area contributed by atoms with Crippen molar-refractivity contribution in [1.82, 2.24) is 4.90 Å². The summed E-state index contributed by atoms with van der Waals surface area (Å²) in [5.74, 6) is 0.384. The molecule has 0 aromatic heterocycles. The number of ether oxygens (including phenoxy) is 1. The molecule has 1 aliphatic rings. The summed E-state index contributed by atoms with van der Waals surface area (Å²) in [7, 11) is 1.75. The fourth-order valence-corrected chi connectivity index (χ4v) is 2.90. The van der Waals surface area contributed by atoms with Gasteiger partial charge in [0.05, 0.1) is 6.61 Å². The van der Waals surface area contributed by atoms with Gasteiger partial charge in [0.2, 0.25) is 0 Å². The highest BCUT2D eigenvalue weighted by Crippen LogP contribution is 2.35. The van der Waals surface area contributed by atoms with Gasteiger partial charge in [-0.1, -0.05) is 13.0 Å². The van der Waals surface area contributed by atoms with Gasteiger partial charge in [-0.25, -0.2) is 0 Å². The smallest absolute Gasteiger partial charge is 0.115 e. The first kappa shape index (κ1) is 13.4. The average Bonchev–Trinajstić information content (AvgIpc) is 2.39. The Morgan fingerprint density at radius 3 is 3.00 bits per heavy atom. The quantitative estimate of drug-likeness (QED) is 0.871. The molecule has 0 amide bonds. The van der Waals surface area contributed by atoms with Crippen molar-refractivity contribution in [3.05, 3.63) is 29.3 Å². The van der Waals surface area contributed by atoms with E-state index in [0.717, 1.165) is 26.1 Å². The summed E-state index contributed by atoms with van der Waals surface area (Å²) >= 11 is 0. The number of likely N-dealkylation sites (N-methyl/N-ethyl adjacent to an activating group) is 1. The fraction of sp³-hybridized carbons (Fsp3) is 0.600. The normalized spacial score (nSPS) is 18.9. The number of fused-ring (bicyclic) bond motifs is 1. The first-order valence-corrected chi connectivity index (χ1v) is 6.81. The molecule has 1 aromatic carbocycles. The van der Waals surface area contributed by atoms with E-state index in [1.54, 1.807) is 13.2 Å². The zero-order chi connectivity index (χ0) is 13.0. The van der Waals surface area contributed by atoms with Crippen molar-refractivity contribution < 1.29 is 9.84 Å². The van der Waals surface area contributed by atoms with Crippen LogP contribution in [-0.2, 0) is 11.2 Å². The first-order valence-electron chi connectivity index (χ1n) is 6.81. The van der Waals surface area contributed by atoms with Crippen LogP contribution in [0.15, 0.2) is 18.2 Å². The van der Waals surface area contributed by atoms with Crippen LogP contribution in [0.5, 0.6) is 5.75 Å². The maximum absolute atomic E-state index is 9.58. The van der Waals surface area contributed by atoms with Crippen molar-refractivity contribution in [1.29, 1.82) is 0 Å². The van der Waals surface area contributed by atoms with Crippen molar-refractivity contribution in [2.24, 2.45) is 0 Å². The van der Waals surface area contributed by atoms with Crippen LogP contribution < -0.4 is 0 Å². The van der Waals surface area contributed by atoms with Crippen LogP contribution in [0.1, 0.15) is 36.9 Å². The molecule has 0 saturated carbocycles.